The second kappa shape index (κ2) is 6.52. The number of hydrogen-bond donors (Lipinski definition) is 2. The highest BCUT2D eigenvalue weighted by Crippen LogP contribution is 2.09. The Morgan fingerprint density at radius 1 is 1.15 bits per heavy atom. The monoisotopic (exact) mass is 268 g/mol. The number of nitrogens with one attached hydrogen (secondary N) is 1. The van der Waals surface area contributed by atoms with Crippen molar-refractivity contribution in [1.82, 2.24) is 5.43 Å². The van der Waals surface area contributed by atoms with Crippen LogP contribution in [0.15, 0.2) is 53.6 Å². The van der Waals surface area contributed by atoms with Crippen LogP contribution < -0.4 is 5.43 Å². The van der Waals surface area contributed by atoms with Crippen molar-refractivity contribution >= 4 is 12.1 Å². The lowest BCUT2D eigenvalue weighted by atomic mass is 10.1. The van der Waals surface area contributed by atoms with Crippen molar-refractivity contribution in [3.8, 4) is 5.75 Å². The summed E-state index contributed by atoms with van der Waals surface area (Å²) >= 11 is 0. The molecule has 4 nitrogen and oxygen atoms in total. The molecule has 2 N–H and O–H groups in total. The maximum atomic E-state index is 11.7. The van der Waals surface area contributed by atoms with E-state index in [1.807, 2.05) is 24.3 Å². The van der Waals surface area contributed by atoms with E-state index in [4.69, 9.17) is 5.11 Å². The number of nitrogens with zero attached hydrogens (tertiary/aromatic N) is 1. The van der Waals surface area contributed by atoms with Crippen molar-refractivity contribution in [3.05, 3.63) is 65.2 Å². The third-order valence-corrected chi connectivity index (χ3v) is 2.90. The number of carbonyl (C=O) groups is 1. The first-order chi connectivity index (χ1) is 9.69. The number of hydrazone groups is 1. The van der Waals surface area contributed by atoms with Crippen LogP contribution in [0.5, 0.6) is 5.75 Å². The zero-order valence-electron chi connectivity index (χ0n) is 11.2. The van der Waals surface area contributed by atoms with Gasteiger partial charge in [-0.1, -0.05) is 31.2 Å². The molecular formula is C16H16N2O2. The Labute approximate surface area is 117 Å². The van der Waals surface area contributed by atoms with Gasteiger partial charge in [0.05, 0.1) is 6.21 Å². The summed E-state index contributed by atoms with van der Waals surface area (Å²) in [5, 5.41) is 13.1. The topological polar surface area (TPSA) is 61.7 Å². The Morgan fingerprint density at radius 2 is 1.80 bits per heavy atom. The first kappa shape index (κ1) is 13.8. The Balaban J connectivity index is 1.95. The van der Waals surface area contributed by atoms with E-state index in [9.17, 15) is 4.79 Å². The smallest absolute Gasteiger partial charge is 0.271 e. The molecule has 0 saturated carbocycles. The number of phenolic OH excluding ortho intramolecular Hbond substituents is 1. The lowest BCUT2D eigenvalue weighted by molar-refractivity contribution is 0.0955. The van der Waals surface area contributed by atoms with E-state index in [0.717, 1.165) is 12.0 Å². The molecule has 4 heteroatoms. The predicted octanol–water partition coefficient (Wildman–Crippen LogP) is 2.72. The van der Waals surface area contributed by atoms with Gasteiger partial charge < -0.3 is 5.11 Å². The van der Waals surface area contributed by atoms with E-state index in [1.165, 1.54) is 29.8 Å². The summed E-state index contributed by atoms with van der Waals surface area (Å²) in [6.45, 7) is 2.10. The molecule has 102 valence electrons. The minimum atomic E-state index is -0.313. The molecule has 0 saturated heterocycles. The summed E-state index contributed by atoms with van der Waals surface area (Å²) in [6.07, 6.45) is 2.59. The maximum Gasteiger partial charge on any atom is 0.271 e. The molecule has 0 aliphatic heterocycles. The van der Waals surface area contributed by atoms with E-state index in [0.29, 0.717) is 5.56 Å². The second-order valence-electron chi connectivity index (χ2n) is 4.34. The van der Waals surface area contributed by atoms with Gasteiger partial charge in [-0.05, 0) is 41.8 Å². The van der Waals surface area contributed by atoms with E-state index in [1.54, 1.807) is 6.21 Å². The number of carbonyl (C=O) groups excluding carboxylic acids is 1. The van der Waals surface area contributed by atoms with E-state index in [2.05, 4.69) is 17.5 Å². The van der Waals surface area contributed by atoms with Crippen molar-refractivity contribution in [2.24, 2.45) is 5.10 Å². The van der Waals surface area contributed by atoms with Gasteiger partial charge >= 0.3 is 0 Å². The summed E-state index contributed by atoms with van der Waals surface area (Å²) < 4.78 is 0. The lowest BCUT2D eigenvalue weighted by Gasteiger charge is -2.00. The highest BCUT2D eigenvalue weighted by molar-refractivity contribution is 5.94. The molecule has 0 bridgehead atoms. The molecule has 0 aromatic heterocycles. The molecule has 2 aromatic rings. The van der Waals surface area contributed by atoms with Crippen LogP contribution in [0.3, 0.4) is 0 Å². The van der Waals surface area contributed by atoms with Crippen LogP contribution in [-0.2, 0) is 6.42 Å². The zero-order valence-corrected chi connectivity index (χ0v) is 11.2. The Kier molecular flexibility index (Phi) is 4.50. The van der Waals surface area contributed by atoms with E-state index < -0.39 is 0 Å². The van der Waals surface area contributed by atoms with Crippen molar-refractivity contribution in [1.29, 1.82) is 0 Å². The molecule has 0 atom stereocenters. The van der Waals surface area contributed by atoms with Gasteiger partial charge in [0, 0.05) is 5.56 Å². The standard InChI is InChI=1S/C16H16N2O2/c1-2-12-3-5-13(6-4-12)11-17-18-16(20)14-7-9-15(19)10-8-14/h3-11,19H,2H2,1H3,(H,18,20)/b17-11-. The molecular weight excluding hydrogens is 252 g/mol. The third kappa shape index (κ3) is 3.68. The molecule has 2 aromatic carbocycles. The van der Waals surface area contributed by atoms with Crippen LogP contribution >= 0.6 is 0 Å². The van der Waals surface area contributed by atoms with E-state index >= 15 is 0 Å². The fourth-order valence-corrected chi connectivity index (χ4v) is 1.68. The second-order valence-corrected chi connectivity index (χ2v) is 4.34. The van der Waals surface area contributed by atoms with Gasteiger partial charge in [0.1, 0.15) is 5.75 Å². The van der Waals surface area contributed by atoms with Gasteiger partial charge in [0.15, 0.2) is 0 Å². The maximum absolute atomic E-state index is 11.7. The quantitative estimate of drug-likeness (QED) is 0.661. The summed E-state index contributed by atoms with van der Waals surface area (Å²) in [7, 11) is 0. The van der Waals surface area contributed by atoms with Gasteiger partial charge in [0.2, 0.25) is 0 Å². The molecule has 0 heterocycles. The van der Waals surface area contributed by atoms with Gasteiger partial charge in [-0.15, -0.1) is 0 Å². The SMILES string of the molecule is CCc1ccc(/C=N\NC(=O)c2ccc(O)cc2)cc1. The van der Waals surface area contributed by atoms with Crippen molar-refractivity contribution in [3.63, 3.8) is 0 Å². The summed E-state index contributed by atoms with van der Waals surface area (Å²) in [5.74, 6) is -0.188. The molecule has 0 aliphatic rings. The predicted molar refractivity (Wildman–Crippen MR) is 79.0 cm³/mol. The number of benzene rings is 2. The number of hydrogen-bond acceptors (Lipinski definition) is 3. The lowest BCUT2D eigenvalue weighted by Crippen LogP contribution is -2.17. The van der Waals surface area contributed by atoms with E-state index in [-0.39, 0.29) is 11.7 Å². The van der Waals surface area contributed by atoms with Crippen LogP contribution in [0.25, 0.3) is 0 Å². The molecule has 0 radical (unpaired) electrons. The summed E-state index contributed by atoms with van der Waals surface area (Å²) in [6, 6.07) is 14.0. The number of aryl methyl sites for hydroxylation is 1. The molecule has 0 spiro atoms. The molecule has 0 aliphatic carbocycles. The Morgan fingerprint density at radius 3 is 2.40 bits per heavy atom. The number of phenols is 1. The third-order valence-electron chi connectivity index (χ3n) is 2.90. The number of aromatic hydroxyl groups is 1. The molecule has 20 heavy (non-hydrogen) atoms. The molecule has 1 amide bonds. The minimum absolute atomic E-state index is 0.126. The van der Waals surface area contributed by atoms with Crippen LogP contribution in [0.1, 0.15) is 28.4 Å². The van der Waals surface area contributed by atoms with Crippen molar-refractivity contribution in [2.75, 3.05) is 0 Å². The van der Waals surface area contributed by atoms with Crippen LogP contribution in [0.2, 0.25) is 0 Å². The van der Waals surface area contributed by atoms with Crippen LogP contribution in [-0.4, -0.2) is 17.2 Å². The number of rotatable bonds is 4. The average Bonchev–Trinajstić information content (AvgIpc) is 2.48. The van der Waals surface area contributed by atoms with Gasteiger partial charge in [-0.3, -0.25) is 4.79 Å². The van der Waals surface area contributed by atoms with Crippen LogP contribution in [0.4, 0.5) is 0 Å². The normalized spacial score (nSPS) is 10.7. The average molecular weight is 268 g/mol. The van der Waals surface area contributed by atoms with Crippen LogP contribution in [0, 0.1) is 0 Å². The first-order valence-electron chi connectivity index (χ1n) is 6.40. The zero-order chi connectivity index (χ0) is 14.4. The van der Waals surface area contributed by atoms with Crippen molar-refractivity contribution in [2.45, 2.75) is 13.3 Å². The molecule has 0 fully saturated rings. The summed E-state index contributed by atoms with van der Waals surface area (Å²) in [5.41, 5.74) is 5.07. The highest BCUT2D eigenvalue weighted by atomic mass is 16.3. The highest BCUT2D eigenvalue weighted by Gasteiger charge is 2.02. The minimum Gasteiger partial charge on any atom is -0.508 e. The van der Waals surface area contributed by atoms with Gasteiger partial charge in [0.25, 0.3) is 5.91 Å². The largest absolute Gasteiger partial charge is 0.508 e. The fraction of sp³-hybridized carbons (Fsp3) is 0.125. The molecule has 0 unspecified atom stereocenters. The fourth-order valence-electron chi connectivity index (χ4n) is 1.68. The Bertz CT molecular complexity index is 601. The van der Waals surface area contributed by atoms with Gasteiger partial charge in [-0.25, -0.2) is 5.43 Å². The first-order valence-corrected chi connectivity index (χ1v) is 6.40. The summed E-state index contributed by atoms with van der Waals surface area (Å²) in [4.78, 5) is 11.7. The van der Waals surface area contributed by atoms with Gasteiger partial charge in [-0.2, -0.15) is 5.10 Å². The number of amides is 1. The van der Waals surface area contributed by atoms with Crippen molar-refractivity contribution < 1.29 is 9.90 Å². The Hall–Kier alpha value is -2.62. The molecule has 2 rings (SSSR count).